The van der Waals surface area contributed by atoms with Gasteiger partial charge in [0.05, 0.1) is 34.4 Å². The molecule has 0 saturated heterocycles. The number of quaternary nitrogens is 1. The summed E-state index contributed by atoms with van der Waals surface area (Å²) in [6, 6.07) is 0. The molecule has 0 radical (unpaired) electrons. The number of allylic oxidation sites excluding steroid dienone is 24. The largest absolute Gasteiger partial charge is 0.477 e. The summed E-state index contributed by atoms with van der Waals surface area (Å²) in [5, 5.41) is 9.68. The lowest BCUT2D eigenvalue weighted by atomic mass is 10.1. The summed E-state index contributed by atoms with van der Waals surface area (Å²) in [4.78, 5) is 37.3. The van der Waals surface area contributed by atoms with Gasteiger partial charge in [0.25, 0.3) is 6.29 Å². The van der Waals surface area contributed by atoms with E-state index in [0.717, 1.165) is 122 Å². The van der Waals surface area contributed by atoms with Crippen LogP contribution in [0.25, 0.3) is 0 Å². The second-order valence-electron chi connectivity index (χ2n) is 19.8. The zero-order chi connectivity index (χ0) is 54.8. The fourth-order valence-corrected chi connectivity index (χ4v) is 7.19. The molecule has 0 amide bonds. The third-order valence-corrected chi connectivity index (χ3v) is 11.6. The number of aliphatic carboxylic acids is 1. The summed E-state index contributed by atoms with van der Waals surface area (Å²) in [7, 11) is 5.94. The predicted octanol–water partition coefficient (Wildman–Crippen LogP) is 17.2. The average Bonchev–Trinajstić information content (AvgIpc) is 3.38. The molecular formula is C66H106NO8+. The van der Waals surface area contributed by atoms with Gasteiger partial charge in [0, 0.05) is 12.8 Å². The summed E-state index contributed by atoms with van der Waals surface area (Å²) in [5.74, 6) is -2.07. The minimum absolute atomic E-state index is 0.174. The van der Waals surface area contributed by atoms with Gasteiger partial charge in [-0.1, -0.05) is 211 Å². The van der Waals surface area contributed by atoms with E-state index >= 15 is 0 Å². The number of hydrogen-bond acceptors (Lipinski definition) is 7. The van der Waals surface area contributed by atoms with Crippen molar-refractivity contribution in [3.63, 3.8) is 0 Å². The van der Waals surface area contributed by atoms with Gasteiger partial charge in [-0.15, -0.1) is 0 Å². The van der Waals surface area contributed by atoms with E-state index in [4.69, 9.17) is 18.9 Å². The number of carboxylic acid groups (broad SMARTS) is 1. The average molecular weight is 1040 g/mol. The minimum atomic E-state index is -1.53. The molecule has 0 bridgehead atoms. The Labute approximate surface area is 458 Å². The maximum absolute atomic E-state index is 12.9. The van der Waals surface area contributed by atoms with E-state index in [1.165, 1.54) is 32.1 Å². The van der Waals surface area contributed by atoms with Crippen molar-refractivity contribution in [1.29, 1.82) is 0 Å². The summed E-state index contributed by atoms with van der Waals surface area (Å²) >= 11 is 0. The van der Waals surface area contributed by atoms with Crippen LogP contribution in [-0.4, -0.2) is 87.4 Å². The van der Waals surface area contributed by atoms with Gasteiger partial charge in [0.2, 0.25) is 0 Å². The highest BCUT2D eigenvalue weighted by Gasteiger charge is 2.25. The number of carbonyl (C=O) groups excluding carboxylic acids is 2. The third kappa shape index (κ3) is 56.7. The van der Waals surface area contributed by atoms with Crippen molar-refractivity contribution in [3.8, 4) is 0 Å². The highest BCUT2D eigenvalue weighted by atomic mass is 16.7. The molecule has 75 heavy (non-hydrogen) atoms. The van der Waals surface area contributed by atoms with Crippen LogP contribution in [0.5, 0.6) is 0 Å². The number of unbranched alkanes of at least 4 members (excludes halogenated alkanes) is 12. The van der Waals surface area contributed by atoms with Crippen LogP contribution in [0.1, 0.15) is 194 Å². The SMILES string of the molecule is CC/C=C\C/C=C\C/C=C\C/C=C\C/C=C\C/C=C\C/C=C\C/C=C\C/C=C\CCCCCCCCCCCC(=O)OC(COC(=O)CCCCC/C=C\C/C=C\C/C=C\CC)COC(OCC[N+](C)(C)C)C(=O)O. The van der Waals surface area contributed by atoms with Gasteiger partial charge in [-0.25, -0.2) is 4.79 Å². The molecule has 0 aliphatic rings. The fraction of sp³-hybridized carbons (Fsp3) is 0.591. The van der Waals surface area contributed by atoms with Gasteiger partial charge in [-0.2, -0.15) is 0 Å². The zero-order valence-corrected chi connectivity index (χ0v) is 47.9. The van der Waals surface area contributed by atoms with Crippen molar-refractivity contribution in [2.45, 2.75) is 206 Å². The second-order valence-corrected chi connectivity index (χ2v) is 19.8. The quantitative estimate of drug-likeness (QED) is 0.0211. The van der Waals surface area contributed by atoms with Gasteiger partial charge >= 0.3 is 17.9 Å². The molecule has 0 saturated carbocycles. The minimum Gasteiger partial charge on any atom is -0.477 e. The molecule has 0 aromatic rings. The van der Waals surface area contributed by atoms with E-state index in [0.29, 0.717) is 23.9 Å². The van der Waals surface area contributed by atoms with Gasteiger partial charge in [0.1, 0.15) is 13.2 Å². The van der Waals surface area contributed by atoms with E-state index in [1.807, 2.05) is 21.1 Å². The van der Waals surface area contributed by atoms with E-state index in [9.17, 15) is 19.5 Å². The molecule has 0 heterocycles. The fourth-order valence-electron chi connectivity index (χ4n) is 7.19. The molecule has 0 rings (SSSR count). The van der Waals surface area contributed by atoms with Crippen LogP contribution in [0.2, 0.25) is 0 Å². The summed E-state index contributed by atoms with van der Waals surface area (Å²) in [6.45, 7) is 4.57. The first kappa shape index (κ1) is 70.2. The molecule has 0 fully saturated rings. The van der Waals surface area contributed by atoms with Crippen LogP contribution < -0.4 is 0 Å². The van der Waals surface area contributed by atoms with Crippen molar-refractivity contribution >= 4 is 17.9 Å². The van der Waals surface area contributed by atoms with E-state index < -0.39 is 24.3 Å². The summed E-state index contributed by atoms with van der Waals surface area (Å²) < 4.78 is 22.8. The number of hydrogen-bond donors (Lipinski definition) is 1. The van der Waals surface area contributed by atoms with Crippen LogP contribution >= 0.6 is 0 Å². The number of likely N-dealkylation sites (N-methyl/N-ethyl adjacent to an activating group) is 1. The number of ether oxygens (including phenoxy) is 4. The molecule has 1 N–H and O–H groups in total. The standard InChI is InChI=1S/C66H105NO8/c1-6-8-10-12-14-16-18-20-21-22-23-24-25-26-27-28-29-30-31-32-33-34-35-36-37-38-39-40-41-42-43-45-47-49-51-53-55-57-64(69)75-62(61-74-66(65(70)71)72-59-58-67(3,4)5)60-73-63(68)56-54-52-50-48-46-44-19-17-15-13-11-9-7-2/h8-11,14-17,20-21,23-24,26-27,29-30,32-33,35-36,38-39,44,46,62,66H,6-7,12-13,18-19,22,25,28,31,34,37,40-43,45,47-61H2,1-5H3/p+1/b10-8-,11-9-,16-14-,17-15-,21-20-,24-23-,27-26-,30-29-,33-32-,36-35-,39-38-,46-44-. The maximum atomic E-state index is 12.9. The number of nitrogens with zero attached hydrogens (tertiary/aromatic N) is 1. The number of carbonyl (C=O) groups is 3. The molecule has 0 spiro atoms. The maximum Gasteiger partial charge on any atom is 0.361 e. The van der Waals surface area contributed by atoms with Crippen molar-refractivity contribution in [3.05, 3.63) is 146 Å². The summed E-state index contributed by atoms with van der Waals surface area (Å²) in [6.07, 6.45) is 78.0. The molecule has 0 aliphatic carbocycles. The molecule has 0 aromatic carbocycles. The molecule has 2 atom stereocenters. The Morgan fingerprint density at radius 2 is 0.720 bits per heavy atom. The second kappa shape index (κ2) is 55.4. The first-order valence-corrected chi connectivity index (χ1v) is 29.0. The van der Waals surface area contributed by atoms with E-state index in [-0.39, 0.29) is 38.6 Å². The zero-order valence-electron chi connectivity index (χ0n) is 47.9. The van der Waals surface area contributed by atoms with Gasteiger partial charge in [0.15, 0.2) is 6.10 Å². The predicted molar refractivity (Wildman–Crippen MR) is 317 cm³/mol. The van der Waals surface area contributed by atoms with Crippen molar-refractivity contribution in [1.82, 2.24) is 0 Å². The first-order chi connectivity index (χ1) is 36.6. The number of rotatable bonds is 51. The van der Waals surface area contributed by atoms with Crippen LogP contribution in [0, 0.1) is 0 Å². The molecule has 0 aliphatic heterocycles. The highest BCUT2D eigenvalue weighted by Crippen LogP contribution is 2.14. The highest BCUT2D eigenvalue weighted by molar-refractivity contribution is 5.71. The van der Waals surface area contributed by atoms with Gasteiger partial charge in [-0.05, 0) is 116 Å². The molecule has 9 nitrogen and oxygen atoms in total. The lowest BCUT2D eigenvalue weighted by molar-refractivity contribution is -0.870. The van der Waals surface area contributed by atoms with Crippen molar-refractivity contribution in [2.24, 2.45) is 0 Å². The molecule has 2 unspecified atom stereocenters. The summed E-state index contributed by atoms with van der Waals surface area (Å²) in [5.41, 5.74) is 0. The van der Waals surface area contributed by atoms with Crippen LogP contribution in [0.15, 0.2) is 146 Å². The third-order valence-electron chi connectivity index (χ3n) is 11.6. The Balaban J connectivity index is 4.21. The smallest absolute Gasteiger partial charge is 0.361 e. The Hall–Kier alpha value is -4.83. The lowest BCUT2D eigenvalue weighted by Crippen LogP contribution is -2.40. The number of esters is 2. The molecule has 9 heteroatoms. The molecular weight excluding hydrogens is 935 g/mol. The van der Waals surface area contributed by atoms with Crippen molar-refractivity contribution in [2.75, 3.05) is 47.5 Å². The Morgan fingerprint density at radius 3 is 1.08 bits per heavy atom. The van der Waals surface area contributed by atoms with Crippen LogP contribution in [-0.2, 0) is 33.3 Å². The van der Waals surface area contributed by atoms with Crippen LogP contribution in [0.4, 0.5) is 0 Å². The van der Waals surface area contributed by atoms with Gasteiger partial charge in [-0.3, -0.25) is 9.59 Å². The van der Waals surface area contributed by atoms with E-state index in [1.54, 1.807) is 0 Å². The normalized spacial score (nSPS) is 13.9. The topological polar surface area (TPSA) is 108 Å². The molecule has 0 aromatic heterocycles. The Bertz CT molecular complexity index is 1730. The molecule has 422 valence electrons. The number of carboxylic acids is 1. The van der Waals surface area contributed by atoms with Gasteiger partial charge < -0.3 is 28.5 Å². The first-order valence-electron chi connectivity index (χ1n) is 29.0. The Kier molecular flexibility index (Phi) is 51.8. The lowest BCUT2D eigenvalue weighted by Gasteiger charge is -2.25. The Morgan fingerprint density at radius 1 is 0.400 bits per heavy atom. The van der Waals surface area contributed by atoms with Crippen LogP contribution in [0.3, 0.4) is 0 Å². The van der Waals surface area contributed by atoms with Crippen molar-refractivity contribution < 1.29 is 42.9 Å². The van der Waals surface area contributed by atoms with E-state index in [2.05, 4.69) is 160 Å². The monoisotopic (exact) mass is 1040 g/mol.